The van der Waals surface area contributed by atoms with E-state index in [4.69, 9.17) is 0 Å². The third-order valence-electron chi connectivity index (χ3n) is 4.64. The predicted molar refractivity (Wildman–Crippen MR) is 105 cm³/mol. The topological polar surface area (TPSA) is 59.8 Å². The SMILES string of the molecule is C=CCn1c(CCc2ccccc2)nnc1SCC(=O)NC1CCCC1. The molecule has 0 atom stereocenters. The fraction of sp³-hybridized carbons (Fsp3) is 0.450. The molecule has 1 aliphatic carbocycles. The van der Waals surface area contributed by atoms with Crippen LogP contribution in [0.1, 0.15) is 37.1 Å². The van der Waals surface area contributed by atoms with E-state index in [1.807, 2.05) is 24.3 Å². The standard InChI is InChI=1S/C20H26N4OS/c1-2-14-24-18(13-12-16-8-4-3-5-9-16)22-23-20(24)26-15-19(25)21-17-10-6-7-11-17/h2-5,8-9,17H,1,6-7,10-15H2,(H,21,25). The number of carbonyl (C=O) groups is 1. The van der Waals surface area contributed by atoms with Crippen molar-refractivity contribution < 1.29 is 4.79 Å². The van der Waals surface area contributed by atoms with Gasteiger partial charge in [0.1, 0.15) is 5.82 Å². The number of hydrogen-bond donors (Lipinski definition) is 1. The second-order valence-corrected chi connectivity index (χ2v) is 7.56. The number of thioether (sulfide) groups is 1. The number of nitrogens with one attached hydrogen (secondary N) is 1. The first-order valence-electron chi connectivity index (χ1n) is 9.25. The van der Waals surface area contributed by atoms with Crippen LogP contribution in [0.5, 0.6) is 0 Å². The molecule has 1 heterocycles. The summed E-state index contributed by atoms with van der Waals surface area (Å²) in [7, 11) is 0. The van der Waals surface area contributed by atoms with Gasteiger partial charge in [0.15, 0.2) is 5.16 Å². The number of aryl methyl sites for hydroxylation is 2. The van der Waals surface area contributed by atoms with Crippen molar-refractivity contribution in [1.82, 2.24) is 20.1 Å². The second kappa shape index (κ2) is 9.57. The Hall–Kier alpha value is -2.08. The highest BCUT2D eigenvalue weighted by Crippen LogP contribution is 2.20. The van der Waals surface area contributed by atoms with Crippen LogP contribution in [0, 0.1) is 0 Å². The number of rotatable bonds is 9. The molecular formula is C20H26N4OS. The van der Waals surface area contributed by atoms with E-state index in [1.165, 1.54) is 30.2 Å². The van der Waals surface area contributed by atoms with Gasteiger partial charge in [0.25, 0.3) is 0 Å². The normalized spacial score (nSPS) is 14.5. The molecule has 1 saturated carbocycles. The van der Waals surface area contributed by atoms with Crippen LogP contribution in [0.15, 0.2) is 48.1 Å². The zero-order valence-corrected chi connectivity index (χ0v) is 15.9. The fourth-order valence-electron chi connectivity index (χ4n) is 3.29. The lowest BCUT2D eigenvalue weighted by atomic mass is 10.1. The number of aromatic nitrogens is 3. The van der Waals surface area contributed by atoms with Crippen LogP contribution in [0.4, 0.5) is 0 Å². The molecule has 138 valence electrons. The van der Waals surface area contributed by atoms with E-state index in [-0.39, 0.29) is 5.91 Å². The van der Waals surface area contributed by atoms with Gasteiger partial charge in [-0.25, -0.2) is 0 Å². The van der Waals surface area contributed by atoms with Gasteiger partial charge in [-0.15, -0.1) is 16.8 Å². The highest BCUT2D eigenvalue weighted by Gasteiger charge is 2.18. The molecular weight excluding hydrogens is 344 g/mol. The van der Waals surface area contributed by atoms with Gasteiger partial charge in [-0.05, 0) is 24.8 Å². The number of allylic oxidation sites excluding steroid dienone is 1. The number of benzene rings is 1. The predicted octanol–water partition coefficient (Wildman–Crippen LogP) is 3.40. The molecule has 1 aliphatic rings. The summed E-state index contributed by atoms with van der Waals surface area (Å²) >= 11 is 1.45. The van der Waals surface area contributed by atoms with E-state index in [2.05, 4.69) is 38.8 Å². The van der Waals surface area contributed by atoms with Gasteiger partial charge in [0.2, 0.25) is 5.91 Å². The summed E-state index contributed by atoms with van der Waals surface area (Å²) in [6, 6.07) is 10.7. The minimum Gasteiger partial charge on any atom is -0.353 e. The monoisotopic (exact) mass is 370 g/mol. The first-order chi connectivity index (χ1) is 12.8. The Morgan fingerprint density at radius 1 is 1.23 bits per heavy atom. The highest BCUT2D eigenvalue weighted by atomic mass is 32.2. The lowest BCUT2D eigenvalue weighted by Crippen LogP contribution is -2.33. The molecule has 0 bridgehead atoms. The van der Waals surface area contributed by atoms with Crippen LogP contribution in [-0.4, -0.2) is 32.5 Å². The highest BCUT2D eigenvalue weighted by molar-refractivity contribution is 7.99. The lowest BCUT2D eigenvalue weighted by Gasteiger charge is -2.12. The largest absolute Gasteiger partial charge is 0.353 e. The summed E-state index contributed by atoms with van der Waals surface area (Å²) in [5.41, 5.74) is 1.28. The maximum Gasteiger partial charge on any atom is 0.230 e. The van der Waals surface area contributed by atoms with Gasteiger partial charge < -0.3 is 9.88 Å². The Bertz CT molecular complexity index is 723. The zero-order chi connectivity index (χ0) is 18.2. The minimum absolute atomic E-state index is 0.0842. The maximum absolute atomic E-state index is 12.1. The Kier molecular flexibility index (Phi) is 6.89. The lowest BCUT2D eigenvalue weighted by molar-refractivity contribution is -0.119. The molecule has 1 amide bonds. The van der Waals surface area contributed by atoms with Crippen molar-refractivity contribution in [3.05, 3.63) is 54.4 Å². The van der Waals surface area contributed by atoms with Gasteiger partial charge in [-0.2, -0.15) is 0 Å². The van der Waals surface area contributed by atoms with E-state index in [0.717, 1.165) is 36.7 Å². The molecule has 3 rings (SSSR count). The van der Waals surface area contributed by atoms with Crippen molar-refractivity contribution in [3.63, 3.8) is 0 Å². The molecule has 2 aromatic rings. The van der Waals surface area contributed by atoms with Crippen molar-refractivity contribution in [2.24, 2.45) is 0 Å². The van der Waals surface area contributed by atoms with Crippen molar-refractivity contribution >= 4 is 17.7 Å². The molecule has 6 heteroatoms. The summed E-state index contributed by atoms with van der Waals surface area (Å²) < 4.78 is 2.06. The molecule has 5 nitrogen and oxygen atoms in total. The van der Waals surface area contributed by atoms with Crippen LogP contribution < -0.4 is 5.32 Å². The summed E-state index contributed by atoms with van der Waals surface area (Å²) in [5, 5.41) is 12.5. The fourth-order valence-corrected chi connectivity index (χ4v) is 4.07. The van der Waals surface area contributed by atoms with Crippen LogP contribution in [0.2, 0.25) is 0 Å². The molecule has 0 aliphatic heterocycles. The maximum atomic E-state index is 12.1. The van der Waals surface area contributed by atoms with Crippen LogP contribution in [0.3, 0.4) is 0 Å². The Balaban J connectivity index is 1.57. The van der Waals surface area contributed by atoms with Gasteiger partial charge in [0.05, 0.1) is 5.75 Å². The second-order valence-electron chi connectivity index (χ2n) is 6.62. The van der Waals surface area contributed by atoms with Crippen molar-refractivity contribution in [1.29, 1.82) is 0 Å². The van der Waals surface area contributed by atoms with Gasteiger partial charge in [-0.3, -0.25) is 4.79 Å². The average Bonchev–Trinajstić information content (AvgIpc) is 3.30. The van der Waals surface area contributed by atoms with Crippen molar-refractivity contribution in [2.75, 3.05) is 5.75 Å². The first kappa shape index (κ1) is 18.7. The molecule has 1 aromatic heterocycles. The van der Waals surface area contributed by atoms with Crippen LogP contribution >= 0.6 is 11.8 Å². The summed E-state index contributed by atoms with van der Waals surface area (Å²) in [6.07, 6.45) is 8.23. The third kappa shape index (κ3) is 5.21. The van der Waals surface area contributed by atoms with E-state index in [1.54, 1.807) is 0 Å². The van der Waals surface area contributed by atoms with E-state index >= 15 is 0 Å². The Labute approximate surface area is 159 Å². The minimum atomic E-state index is 0.0842. The smallest absolute Gasteiger partial charge is 0.230 e. The van der Waals surface area contributed by atoms with Crippen molar-refractivity contribution in [3.8, 4) is 0 Å². The molecule has 1 fully saturated rings. The molecule has 0 saturated heterocycles. The van der Waals surface area contributed by atoms with E-state index < -0.39 is 0 Å². The molecule has 1 N–H and O–H groups in total. The number of nitrogens with zero attached hydrogens (tertiary/aromatic N) is 3. The summed E-state index contributed by atoms with van der Waals surface area (Å²) in [5.74, 6) is 1.40. The first-order valence-corrected chi connectivity index (χ1v) is 10.2. The quantitative estimate of drug-likeness (QED) is 0.543. The van der Waals surface area contributed by atoms with E-state index in [0.29, 0.717) is 18.3 Å². The Morgan fingerprint density at radius 3 is 2.73 bits per heavy atom. The number of hydrogen-bond acceptors (Lipinski definition) is 4. The number of carbonyl (C=O) groups excluding carboxylic acids is 1. The van der Waals surface area contributed by atoms with E-state index in [9.17, 15) is 4.79 Å². The molecule has 0 unspecified atom stereocenters. The third-order valence-corrected chi connectivity index (χ3v) is 5.60. The molecule has 0 radical (unpaired) electrons. The summed E-state index contributed by atoms with van der Waals surface area (Å²) in [4.78, 5) is 12.1. The summed E-state index contributed by atoms with van der Waals surface area (Å²) in [6.45, 7) is 4.49. The zero-order valence-electron chi connectivity index (χ0n) is 15.1. The van der Waals surface area contributed by atoms with Gasteiger partial charge >= 0.3 is 0 Å². The molecule has 26 heavy (non-hydrogen) atoms. The van der Waals surface area contributed by atoms with Crippen molar-refractivity contribution in [2.45, 2.75) is 56.3 Å². The molecule has 1 aromatic carbocycles. The number of amides is 1. The van der Waals surface area contributed by atoms with Gasteiger partial charge in [0, 0.05) is 19.0 Å². The molecule has 0 spiro atoms. The van der Waals surface area contributed by atoms with Crippen LogP contribution in [0.25, 0.3) is 0 Å². The van der Waals surface area contributed by atoms with Crippen LogP contribution in [-0.2, 0) is 24.2 Å². The Morgan fingerprint density at radius 2 is 2.00 bits per heavy atom. The average molecular weight is 371 g/mol. The van der Waals surface area contributed by atoms with Gasteiger partial charge in [-0.1, -0.05) is 61.0 Å².